The highest BCUT2D eigenvalue weighted by Crippen LogP contribution is 2.41. The molecule has 0 fully saturated rings. The molecule has 0 N–H and O–H groups in total. The van der Waals surface area contributed by atoms with Gasteiger partial charge >= 0.3 is 5.97 Å². The lowest BCUT2D eigenvalue weighted by Gasteiger charge is -2.26. The number of fused-ring (bicyclic) bond motifs is 1. The van der Waals surface area contributed by atoms with E-state index in [0.29, 0.717) is 48.7 Å². The van der Waals surface area contributed by atoms with Gasteiger partial charge in [-0.1, -0.05) is 39.4 Å². The van der Waals surface area contributed by atoms with Gasteiger partial charge in [0, 0.05) is 8.04 Å². The highest BCUT2D eigenvalue weighted by Gasteiger charge is 2.35. The molecule has 0 radical (unpaired) electrons. The Bertz CT molecular complexity index is 1540. The Morgan fingerprint density at radius 2 is 2.00 bits per heavy atom. The molecule has 7 nitrogen and oxygen atoms in total. The molecule has 3 aromatic rings. The molecule has 1 aliphatic rings. The fourth-order valence-electron chi connectivity index (χ4n) is 4.02. The van der Waals surface area contributed by atoms with Crippen molar-refractivity contribution in [3.63, 3.8) is 0 Å². The molecule has 2 aromatic carbocycles. The quantitative estimate of drug-likeness (QED) is 0.270. The number of carbonyl (C=O) groups is 1. The molecule has 0 amide bonds. The summed E-state index contributed by atoms with van der Waals surface area (Å²) < 4.78 is 20.5. The first-order valence-electron chi connectivity index (χ1n) is 11.2. The summed E-state index contributed by atoms with van der Waals surface area (Å²) in [6.45, 7) is 6.05. The number of nitrogens with zero attached hydrogens (tertiary/aromatic N) is 2. The fraction of sp³-hybridized carbons (Fsp3) is 0.269. The second-order valence-corrected chi connectivity index (χ2v) is 10.9. The lowest BCUT2D eigenvalue weighted by atomic mass is 9.95. The SMILES string of the molecule is CCOC(=O)C1=C(C)N=c2s/c(=C/c3cccc(I)c3)c(=O)n2[C@H]1c1cc(OC)c(OCC)cc1Br. The standard InChI is InChI=1S/C26H24BrIN2O5S/c1-5-34-20-13-18(27)17(12-19(20)33-4)23-22(25(32)35-6-2)14(3)29-26-30(23)24(31)21(36-26)11-15-8-7-9-16(28)10-15/h7-13,23H,5-6H2,1-4H3/b21-11+/t23-/m0/s1. The zero-order valence-corrected chi connectivity index (χ0v) is 24.7. The van der Waals surface area contributed by atoms with Gasteiger partial charge in [-0.05, 0) is 84.8 Å². The van der Waals surface area contributed by atoms with Crippen LogP contribution in [0.15, 0.2) is 61.9 Å². The molecule has 1 atom stereocenters. The highest BCUT2D eigenvalue weighted by molar-refractivity contribution is 14.1. The summed E-state index contributed by atoms with van der Waals surface area (Å²) in [5.41, 5.74) is 2.14. The predicted octanol–water partition coefficient (Wildman–Crippen LogP) is 4.57. The number of esters is 1. The maximum atomic E-state index is 13.8. The molecule has 0 saturated carbocycles. The first kappa shape index (κ1) is 26.6. The Labute approximate surface area is 234 Å². The summed E-state index contributed by atoms with van der Waals surface area (Å²) >= 11 is 7.16. The van der Waals surface area contributed by atoms with Gasteiger partial charge in [-0.2, -0.15) is 0 Å². The van der Waals surface area contributed by atoms with Gasteiger partial charge in [0.15, 0.2) is 16.3 Å². The van der Waals surface area contributed by atoms with Gasteiger partial charge in [0.25, 0.3) is 5.56 Å². The van der Waals surface area contributed by atoms with Crippen LogP contribution in [0.25, 0.3) is 6.08 Å². The zero-order chi connectivity index (χ0) is 26.0. The van der Waals surface area contributed by atoms with Crippen LogP contribution in [0.3, 0.4) is 0 Å². The molecular weight excluding hydrogens is 659 g/mol. The van der Waals surface area contributed by atoms with E-state index in [-0.39, 0.29) is 12.2 Å². The Morgan fingerprint density at radius 3 is 2.67 bits per heavy atom. The Morgan fingerprint density at radius 1 is 1.22 bits per heavy atom. The van der Waals surface area contributed by atoms with E-state index in [2.05, 4.69) is 43.5 Å². The average molecular weight is 683 g/mol. The number of methoxy groups -OCH3 is 1. The van der Waals surface area contributed by atoms with E-state index in [1.807, 2.05) is 37.3 Å². The number of halogens is 2. The van der Waals surface area contributed by atoms with Crippen LogP contribution in [0.5, 0.6) is 11.5 Å². The topological polar surface area (TPSA) is 79.1 Å². The largest absolute Gasteiger partial charge is 0.493 e. The highest BCUT2D eigenvalue weighted by atomic mass is 127. The minimum atomic E-state index is -0.766. The van der Waals surface area contributed by atoms with Crippen LogP contribution in [0.4, 0.5) is 0 Å². The molecule has 1 aromatic heterocycles. The molecular formula is C26H24BrIN2O5S. The number of thiazole rings is 1. The molecule has 0 unspecified atom stereocenters. The van der Waals surface area contributed by atoms with Crippen LogP contribution in [-0.4, -0.2) is 30.9 Å². The number of benzene rings is 2. The minimum Gasteiger partial charge on any atom is -0.493 e. The Kier molecular flexibility index (Phi) is 8.36. The van der Waals surface area contributed by atoms with Crippen LogP contribution in [0, 0.1) is 3.57 Å². The number of carbonyl (C=O) groups excluding carboxylic acids is 1. The number of ether oxygens (including phenoxy) is 3. The first-order valence-corrected chi connectivity index (χ1v) is 13.9. The lowest BCUT2D eigenvalue weighted by Crippen LogP contribution is -2.40. The fourth-order valence-corrected chi connectivity index (χ4v) is 6.17. The van der Waals surface area contributed by atoms with E-state index in [4.69, 9.17) is 14.2 Å². The van der Waals surface area contributed by atoms with Gasteiger partial charge in [-0.15, -0.1) is 0 Å². The summed E-state index contributed by atoms with van der Waals surface area (Å²) in [5.74, 6) is 0.532. The van der Waals surface area contributed by atoms with Crippen molar-refractivity contribution in [1.29, 1.82) is 0 Å². The molecule has 36 heavy (non-hydrogen) atoms. The monoisotopic (exact) mass is 682 g/mol. The van der Waals surface area contributed by atoms with Crippen molar-refractivity contribution in [3.05, 3.63) is 86.5 Å². The molecule has 0 saturated heterocycles. The molecule has 0 aliphatic carbocycles. The van der Waals surface area contributed by atoms with Gasteiger partial charge in [-0.3, -0.25) is 9.36 Å². The lowest BCUT2D eigenvalue weighted by molar-refractivity contribution is -0.139. The van der Waals surface area contributed by atoms with Crippen molar-refractivity contribution in [2.24, 2.45) is 4.99 Å². The Hall–Kier alpha value is -2.44. The molecule has 1 aliphatic heterocycles. The number of hydrogen-bond acceptors (Lipinski definition) is 7. The third-order valence-corrected chi connectivity index (χ3v) is 7.88. The summed E-state index contributed by atoms with van der Waals surface area (Å²) in [4.78, 5) is 32.1. The van der Waals surface area contributed by atoms with Crippen LogP contribution in [0.1, 0.15) is 37.9 Å². The molecule has 10 heteroatoms. The van der Waals surface area contributed by atoms with Gasteiger partial charge in [-0.25, -0.2) is 9.79 Å². The van der Waals surface area contributed by atoms with E-state index < -0.39 is 12.0 Å². The summed E-state index contributed by atoms with van der Waals surface area (Å²) in [7, 11) is 1.55. The van der Waals surface area contributed by atoms with Gasteiger partial charge in [0.2, 0.25) is 0 Å². The van der Waals surface area contributed by atoms with E-state index in [1.54, 1.807) is 37.7 Å². The van der Waals surface area contributed by atoms with Crippen molar-refractivity contribution in [2.45, 2.75) is 26.8 Å². The number of hydrogen-bond donors (Lipinski definition) is 0. The average Bonchev–Trinajstić information content (AvgIpc) is 3.13. The number of allylic oxidation sites excluding steroid dienone is 1. The molecule has 0 bridgehead atoms. The molecule has 188 valence electrons. The molecule has 4 rings (SSSR count). The Balaban J connectivity index is 2.00. The van der Waals surface area contributed by atoms with Crippen molar-refractivity contribution in [3.8, 4) is 11.5 Å². The number of aromatic nitrogens is 1. The zero-order valence-electron chi connectivity index (χ0n) is 20.1. The van der Waals surface area contributed by atoms with Crippen molar-refractivity contribution >= 4 is 61.9 Å². The minimum absolute atomic E-state index is 0.202. The van der Waals surface area contributed by atoms with Crippen molar-refractivity contribution < 1.29 is 19.0 Å². The second kappa shape index (κ2) is 11.3. The maximum absolute atomic E-state index is 13.8. The van der Waals surface area contributed by atoms with E-state index >= 15 is 0 Å². The summed E-state index contributed by atoms with van der Waals surface area (Å²) in [6, 6.07) is 10.7. The van der Waals surface area contributed by atoms with Crippen LogP contribution in [-0.2, 0) is 9.53 Å². The first-order chi connectivity index (χ1) is 17.3. The second-order valence-electron chi connectivity index (χ2n) is 7.81. The van der Waals surface area contributed by atoms with E-state index in [9.17, 15) is 9.59 Å². The molecule has 2 heterocycles. The van der Waals surface area contributed by atoms with E-state index in [0.717, 1.165) is 9.13 Å². The normalized spacial score (nSPS) is 15.4. The third kappa shape index (κ3) is 5.16. The van der Waals surface area contributed by atoms with Crippen LogP contribution >= 0.6 is 49.9 Å². The summed E-state index contributed by atoms with van der Waals surface area (Å²) in [6.07, 6.45) is 1.85. The smallest absolute Gasteiger partial charge is 0.338 e. The molecule has 0 spiro atoms. The van der Waals surface area contributed by atoms with Crippen molar-refractivity contribution in [1.82, 2.24) is 4.57 Å². The van der Waals surface area contributed by atoms with E-state index in [1.165, 1.54) is 11.3 Å². The maximum Gasteiger partial charge on any atom is 0.338 e. The van der Waals surface area contributed by atoms with Crippen molar-refractivity contribution in [2.75, 3.05) is 20.3 Å². The summed E-state index contributed by atoms with van der Waals surface area (Å²) in [5, 5.41) is 0. The predicted molar refractivity (Wildman–Crippen MR) is 151 cm³/mol. The van der Waals surface area contributed by atoms with Crippen LogP contribution < -0.4 is 24.4 Å². The third-order valence-electron chi connectivity index (χ3n) is 5.54. The van der Waals surface area contributed by atoms with Gasteiger partial charge in [0.1, 0.15) is 0 Å². The van der Waals surface area contributed by atoms with Crippen LogP contribution in [0.2, 0.25) is 0 Å². The van der Waals surface area contributed by atoms with Gasteiger partial charge in [0.05, 0.1) is 42.2 Å². The van der Waals surface area contributed by atoms with Gasteiger partial charge < -0.3 is 14.2 Å². The number of rotatable bonds is 7.